The lowest BCUT2D eigenvalue weighted by molar-refractivity contribution is 0.122. The number of nitrogens with zero attached hydrogens (tertiary/aromatic N) is 4. The smallest absolute Gasteiger partial charge is 0.226 e. The first-order valence-corrected chi connectivity index (χ1v) is 9.66. The highest BCUT2D eigenvalue weighted by Gasteiger charge is 2.16. The van der Waals surface area contributed by atoms with Crippen molar-refractivity contribution >= 4 is 16.9 Å². The van der Waals surface area contributed by atoms with E-state index >= 15 is 0 Å². The number of benzene rings is 2. The quantitative estimate of drug-likeness (QED) is 0.545. The Morgan fingerprint density at radius 2 is 1.68 bits per heavy atom. The number of anilines is 1. The molecule has 140 valence electrons. The number of para-hydroxylation sites is 1. The van der Waals surface area contributed by atoms with Gasteiger partial charge in [-0.2, -0.15) is 0 Å². The van der Waals surface area contributed by atoms with E-state index in [0.29, 0.717) is 0 Å². The fraction of sp³-hybridized carbons (Fsp3) is 0.217. The summed E-state index contributed by atoms with van der Waals surface area (Å²) in [6.07, 6.45) is 4.07. The van der Waals surface area contributed by atoms with Gasteiger partial charge in [0.1, 0.15) is 0 Å². The van der Waals surface area contributed by atoms with Gasteiger partial charge in [0.15, 0.2) is 0 Å². The van der Waals surface area contributed by atoms with Crippen molar-refractivity contribution in [3.8, 4) is 11.3 Å². The van der Waals surface area contributed by atoms with E-state index in [1.165, 1.54) is 16.5 Å². The minimum Gasteiger partial charge on any atom is -0.378 e. The van der Waals surface area contributed by atoms with E-state index in [1.54, 1.807) is 0 Å². The first-order valence-electron chi connectivity index (χ1n) is 9.66. The molecule has 0 saturated carbocycles. The summed E-state index contributed by atoms with van der Waals surface area (Å²) < 4.78 is 7.76. The van der Waals surface area contributed by atoms with Crippen LogP contribution in [-0.4, -0.2) is 40.8 Å². The van der Waals surface area contributed by atoms with Gasteiger partial charge in [0.2, 0.25) is 5.95 Å². The van der Waals surface area contributed by atoms with Gasteiger partial charge in [-0.15, -0.1) is 0 Å². The van der Waals surface area contributed by atoms with E-state index in [4.69, 9.17) is 9.72 Å². The number of fused-ring (bicyclic) bond motifs is 1. The molecule has 1 saturated heterocycles. The van der Waals surface area contributed by atoms with Crippen LogP contribution in [0.5, 0.6) is 0 Å². The molecular weight excluding hydrogens is 348 g/mol. The fourth-order valence-electron chi connectivity index (χ4n) is 3.78. The zero-order valence-corrected chi connectivity index (χ0v) is 15.7. The molecule has 2 aromatic heterocycles. The van der Waals surface area contributed by atoms with Gasteiger partial charge in [-0.1, -0.05) is 48.5 Å². The van der Waals surface area contributed by atoms with Crippen LogP contribution < -0.4 is 4.90 Å². The molecule has 3 heterocycles. The lowest BCUT2D eigenvalue weighted by Crippen LogP contribution is -2.37. The van der Waals surface area contributed by atoms with Gasteiger partial charge in [-0.25, -0.2) is 9.97 Å². The van der Waals surface area contributed by atoms with Crippen LogP contribution in [0.25, 0.3) is 22.2 Å². The standard InChI is InChI=1S/C23H22N4O/c1-2-6-18(7-3-1)16-27-17-20(19-8-4-5-9-22(19)27)21-10-11-24-23(25-21)26-12-14-28-15-13-26/h1-11,17H,12-16H2. The predicted octanol–water partition coefficient (Wildman–Crippen LogP) is 3.98. The number of aromatic nitrogens is 3. The summed E-state index contributed by atoms with van der Waals surface area (Å²) in [6.45, 7) is 3.95. The van der Waals surface area contributed by atoms with Crippen LogP contribution in [0.4, 0.5) is 5.95 Å². The van der Waals surface area contributed by atoms with Crippen LogP contribution in [-0.2, 0) is 11.3 Å². The second-order valence-corrected chi connectivity index (χ2v) is 7.01. The molecule has 5 heteroatoms. The van der Waals surface area contributed by atoms with E-state index in [1.807, 2.05) is 12.3 Å². The molecule has 2 aromatic carbocycles. The summed E-state index contributed by atoms with van der Waals surface area (Å²) in [6, 6.07) is 21.1. The van der Waals surface area contributed by atoms with Gasteiger partial charge in [0.25, 0.3) is 0 Å². The van der Waals surface area contributed by atoms with Crippen molar-refractivity contribution in [3.05, 3.63) is 78.6 Å². The Hall–Kier alpha value is -3.18. The molecule has 0 N–H and O–H groups in total. The Morgan fingerprint density at radius 3 is 2.54 bits per heavy atom. The van der Waals surface area contributed by atoms with Crippen molar-refractivity contribution in [1.29, 1.82) is 0 Å². The fourth-order valence-corrected chi connectivity index (χ4v) is 3.78. The molecule has 0 aliphatic carbocycles. The van der Waals surface area contributed by atoms with Crippen molar-refractivity contribution in [2.75, 3.05) is 31.2 Å². The summed E-state index contributed by atoms with van der Waals surface area (Å²) in [5, 5.41) is 1.21. The maximum atomic E-state index is 5.45. The highest BCUT2D eigenvalue weighted by molar-refractivity contribution is 5.95. The molecule has 1 aliphatic rings. The second kappa shape index (κ2) is 7.44. The Bertz CT molecular complexity index is 1080. The van der Waals surface area contributed by atoms with Crippen LogP contribution in [0.15, 0.2) is 73.1 Å². The predicted molar refractivity (Wildman–Crippen MR) is 112 cm³/mol. The Morgan fingerprint density at radius 1 is 0.893 bits per heavy atom. The molecule has 0 bridgehead atoms. The molecule has 1 aliphatic heterocycles. The van der Waals surface area contributed by atoms with Crippen LogP contribution in [0.2, 0.25) is 0 Å². The van der Waals surface area contributed by atoms with E-state index < -0.39 is 0 Å². The Kier molecular flexibility index (Phi) is 4.51. The highest BCUT2D eigenvalue weighted by atomic mass is 16.5. The third kappa shape index (κ3) is 3.25. The average Bonchev–Trinajstić information content (AvgIpc) is 3.14. The molecule has 0 amide bonds. The number of morpholine rings is 1. The Labute approximate surface area is 164 Å². The van der Waals surface area contributed by atoms with Gasteiger partial charge >= 0.3 is 0 Å². The van der Waals surface area contributed by atoms with Crippen LogP contribution in [0.3, 0.4) is 0 Å². The summed E-state index contributed by atoms with van der Waals surface area (Å²) in [5.74, 6) is 0.778. The zero-order valence-electron chi connectivity index (χ0n) is 15.7. The van der Waals surface area contributed by atoms with Crippen molar-refractivity contribution < 1.29 is 4.74 Å². The van der Waals surface area contributed by atoms with Gasteiger partial charge in [-0.3, -0.25) is 0 Å². The lowest BCUT2D eigenvalue weighted by atomic mass is 10.1. The first-order chi connectivity index (χ1) is 13.9. The monoisotopic (exact) mass is 370 g/mol. The average molecular weight is 370 g/mol. The molecule has 28 heavy (non-hydrogen) atoms. The summed E-state index contributed by atoms with van der Waals surface area (Å²) in [4.78, 5) is 11.6. The highest BCUT2D eigenvalue weighted by Crippen LogP contribution is 2.30. The summed E-state index contributed by atoms with van der Waals surface area (Å²) in [7, 11) is 0. The van der Waals surface area contributed by atoms with Crippen molar-refractivity contribution in [2.24, 2.45) is 0 Å². The maximum absolute atomic E-state index is 5.45. The normalized spacial score (nSPS) is 14.5. The molecule has 1 fully saturated rings. The number of rotatable bonds is 4. The van der Waals surface area contributed by atoms with Crippen LogP contribution in [0.1, 0.15) is 5.56 Å². The maximum Gasteiger partial charge on any atom is 0.226 e. The van der Waals surface area contributed by atoms with Gasteiger partial charge in [-0.05, 0) is 17.7 Å². The summed E-state index contributed by atoms with van der Waals surface area (Å²) >= 11 is 0. The number of hydrogen-bond acceptors (Lipinski definition) is 4. The van der Waals surface area contributed by atoms with Gasteiger partial charge in [0.05, 0.1) is 18.9 Å². The van der Waals surface area contributed by atoms with E-state index in [9.17, 15) is 0 Å². The number of hydrogen-bond donors (Lipinski definition) is 0. The van der Waals surface area contributed by atoms with Gasteiger partial charge < -0.3 is 14.2 Å². The molecule has 4 aromatic rings. The topological polar surface area (TPSA) is 43.2 Å². The van der Waals surface area contributed by atoms with E-state index in [-0.39, 0.29) is 0 Å². The minimum atomic E-state index is 0.726. The minimum absolute atomic E-state index is 0.726. The lowest BCUT2D eigenvalue weighted by Gasteiger charge is -2.26. The first kappa shape index (κ1) is 17.0. The Balaban J connectivity index is 1.56. The van der Waals surface area contributed by atoms with Crippen LogP contribution in [0, 0.1) is 0 Å². The second-order valence-electron chi connectivity index (χ2n) is 7.01. The van der Waals surface area contributed by atoms with Crippen molar-refractivity contribution in [2.45, 2.75) is 6.54 Å². The molecule has 5 nitrogen and oxygen atoms in total. The summed E-state index contributed by atoms with van der Waals surface area (Å²) in [5.41, 5.74) is 4.60. The third-order valence-electron chi connectivity index (χ3n) is 5.20. The molecule has 0 unspecified atom stereocenters. The molecule has 5 rings (SSSR count). The molecule has 0 atom stereocenters. The molecular formula is C23H22N4O. The SMILES string of the molecule is c1ccc(Cn2cc(-c3ccnc(N4CCOCC4)n3)c3ccccc32)cc1. The van der Waals surface area contributed by atoms with Crippen LogP contribution >= 0.6 is 0 Å². The number of ether oxygens (including phenoxy) is 1. The van der Waals surface area contributed by atoms with E-state index in [2.05, 4.69) is 75.2 Å². The largest absolute Gasteiger partial charge is 0.378 e. The van der Waals surface area contributed by atoms with E-state index in [0.717, 1.165) is 50.1 Å². The van der Waals surface area contributed by atoms with Crippen molar-refractivity contribution in [3.63, 3.8) is 0 Å². The van der Waals surface area contributed by atoms with Crippen molar-refractivity contribution in [1.82, 2.24) is 14.5 Å². The third-order valence-corrected chi connectivity index (χ3v) is 5.20. The molecule has 0 radical (unpaired) electrons. The zero-order chi connectivity index (χ0) is 18.8. The van der Waals surface area contributed by atoms with Gasteiger partial charge in [0, 0.05) is 48.5 Å². The molecule has 0 spiro atoms.